The highest BCUT2D eigenvalue weighted by molar-refractivity contribution is 7.89. The summed E-state index contributed by atoms with van der Waals surface area (Å²) >= 11 is 0. The molecule has 0 saturated carbocycles. The highest BCUT2D eigenvalue weighted by Crippen LogP contribution is 2.29. The van der Waals surface area contributed by atoms with Crippen molar-refractivity contribution in [3.63, 3.8) is 0 Å². The molecule has 7 heteroatoms. The maximum Gasteiger partial charge on any atom is 0.253 e. The third-order valence-electron chi connectivity index (χ3n) is 6.62. The number of carbonyl (C=O) groups is 1. The Morgan fingerprint density at radius 2 is 1.34 bits per heavy atom. The number of sulfonamides is 1. The molecule has 1 aliphatic rings. The maximum atomic E-state index is 13.3. The predicted molar refractivity (Wildman–Crippen MR) is 139 cm³/mol. The zero-order valence-corrected chi connectivity index (χ0v) is 21.2. The van der Waals surface area contributed by atoms with E-state index >= 15 is 0 Å². The van der Waals surface area contributed by atoms with Crippen molar-refractivity contribution >= 4 is 15.9 Å². The van der Waals surface area contributed by atoms with Crippen molar-refractivity contribution < 1.29 is 13.2 Å². The van der Waals surface area contributed by atoms with Gasteiger partial charge in [-0.1, -0.05) is 80.6 Å². The number of nitrogens with zero attached hydrogens (tertiary/aromatic N) is 3. The maximum absolute atomic E-state index is 13.3. The van der Waals surface area contributed by atoms with E-state index in [9.17, 15) is 13.2 Å². The number of hydrogen-bond acceptors (Lipinski definition) is 4. The van der Waals surface area contributed by atoms with Crippen LogP contribution in [-0.4, -0.2) is 67.7 Å². The number of rotatable bonds is 8. The molecule has 1 heterocycles. The van der Waals surface area contributed by atoms with Crippen molar-refractivity contribution in [3.05, 3.63) is 102 Å². The lowest BCUT2D eigenvalue weighted by Gasteiger charge is -2.39. The molecule has 0 N–H and O–H groups in total. The minimum Gasteiger partial charge on any atom is -0.336 e. The fraction of sp³-hybridized carbons (Fsp3) is 0.321. The largest absolute Gasteiger partial charge is 0.336 e. The summed E-state index contributed by atoms with van der Waals surface area (Å²) in [6, 6.07) is 27.4. The summed E-state index contributed by atoms with van der Waals surface area (Å²) in [7, 11) is -3.61. The van der Waals surface area contributed by atoms with Crippen molar-refractivity contribution in [3.8, 4) is 0 Å². The number of carbonyl (C=O) groups excluding carboxylic acids is 1. The SMILES string of the molecule is CCN(CC)S(=O)(=O)c1cccc(C(=O)N2CCN(C(c3ccccc3)c3ccccc3)CC2)c1. The van der Waals surface area contributed by atoms with Gasteiger partial charge in [0.25, 0.3) is 5.91 Å². The van der Waals surface area contributed by atoms with E-state index in [0.29, 0.717) is 31.7 Å². The van der Waals surface area contributed by atoms with E-state index in [1.165, 1.54) is 21.5 Å². The molecule has 184 valence electrons. The normalized spacial score (nSPS) is 15.0. The molecule has 6 nitrogen and oxygen atoms in total. The number of piperazine rings is 1. The summed E-state index contributed by atoms with van der Waals surface area (Å²) in [5.74, 6) is -0.128. The summed E-state index contributed by atoms with van der Waals surface area (Å²) in [5.41, 5.74) is 2.87. The van der Waals surface area contributed by atoms with Crippen molar-refractivity contribution in [2.75, 3.05) is 39.3 Å². The molecule has 1 amide bonds. The quantitative estimate of drug-likeness (QED) is 0.472. The first-order chi connectivity index (χ1) is 17.0. The minimum atomic E-state index is -3.61. The molecule has 0 aromatic heterocycles. The van der Waals surface area contributed by atoms with Gasteiger partial charge in [-0.3, -0.25) is 9.69 Å². The average Bonchev–Trinajstić information content (AvgIpc) is 2.91. The van der Waals surface area contributed by atoms with E-state index in [1.807, 2.05) is 30.9 Å². The van der Waals surface area contributed by atoms with E-state index in [4.69, 9.17) is 0 Å². The Morgan fingerprint density at radius 1 is 0.800 bits per heavy atom. The van der Waals surface area contributed by atoms with Gasteiger partial charge in [0, 0.05) is 44.8 Å². The van der Waals surface area contributed by atoms with Crippen molar-refractivity contribution in [1.82, 2.24) is 14.1 Å². The molecule has 0 radical (unpaired) electrons. The van der Waals surface area contributed by atoms with Crippen LogP contribution in [0.5, 0.6) is 0 Å². The molecule has 1 saturated heterocycles. The second-order valence-corrected chi connectivity index (χ2v) is 10.6. The Balaban J connectivity index is 1.50. The van der Waals surface area contributed by atoms with E-state index in [1.54, 1.807) is 18.2 Å². The van der Waals surface area contributed by atoms with Gasteiger partial charge in [0.05, 0.1) is 10.9 Å². The lowest BCUT2D eigenvalue weighted by atomic mass is 9.96. The van der Waals surface area contributed by atoms with Crippen LogP contribution < -0.4 is 0 Å². The number of hydrogen-bond donors (Lipinski definition) is 0. The molecular formula is C28H33N3O3S. The first-order valence-electron chi connectivity index (χ1n) is 12.2. The predicted octanol–water partition coefficient (Wildman–Crippen LogP) is 4.26. The standard InChI is InChI=1S/C28H33N3O3S/c1-3-31(4-2)35(33,34)26-17-11-16-25(22-26)28(32)30-20-18-29(19-21-30)27(23-12-7-5-8-13-23)24-14-9-6-10-15-24/h5-17,22,27H,3-4,18-21H2,1-2H3. The zero-order valence-electron chi connectivity index (χ0n) is 20.4. The Bertz CT molecular complexity index is 1180. The Morgan fingerprint density at radius 3 is 1.86 bits per heavy atom. The van der Waals surface area contributed by atoms with Gasteiger partial charge in [0.1, 0.15) is 0 Å². The molecule has 0 bridgehead atoms. The molecule has 35 heavy (non-hydrogen) atoms. The van der Waals surface area contributed by atoms with Crippen molar-refractivity contribution in [2.24, 2.45) is 0 Å². The summed E-state index contributed by atoms with van der Waals surface area (Å²) in [4.78, 5) is 17.7. The van der Waals surface area contributed by atoms with Crippen LogP contribution in [0, 0.1) is 0 Å². The topological polar surface area (TPSA) is 60.9 Å². The molecular weight excluding hydrogens is 458 g/mol. The second-order valence-electron chi connectivity index (χ2n) is 8.67. The molecule has 3 aromatic carbocycles. The summed E-state index contributed by atoms with van der Waals surface area (Å²) in [6.45, 7) is 7.05. The van der Waals surface area contributed by atoms with Crippen LogP contribution in [-0.2, 0) is 10.0 Å². The lowest BCUT2D eigenvalue weighted by molar-refractivity contribution is 0.0597. The van der Waals surface area contributed by atoms with Crippen LogP contribution in [0.1, 0.15) is 41.4 Å². The van der Waals surface area contributed by atoms with E-state index in [0.717, 1.165) is 13.1 Å². The highest BCUT2D eigenvalue weighted by Gasteiger charge is 2.29. The molecule has 4 rings (SSSR count). The van der Waals surface area contributed by atoms with Crippen LogP contribution >= 0.6 is 0 Å². The molecule has 1 fully saturated rings. The first-order valence-corrected chi connectivity index (χ1v) is 13.6. The zero-order chi connectivity index (χ0) is 24.8. The molecule has 0 aliphatic carbocycles. The molecule has 0 spiro atoms. The minimum absolute atomic E-state index is 0.122. The van der Waals surface area contributed by atoms with Gasteiger partial charge < -0.3 is 4.90 Å². The Hall–Kier alpha value is -3.00. The van der Waals surface area contributed by atoms with Gasteiger partial charge in [-0.25, -0.2) is 8.42 Å². The van der Waals surface area contributed by atoms with Gasteiger partial charge in [-0.15, -0.1) is 0 Å². The summed E-state index contributed by atoms with van der Waals surface area (Å²) in [5, 5.41) is 0. The van der Waals surface area contributed by atoms with Gasteiger partial charge in [0.2, 0.25) is 10.0 Å². The lowest BCUT2D eigenvalue weighted by Crippen LogP contribution is -2.49. The van der Waals surface area contributed by atoms with Crippen LogP contribution in [0.3, 0.4) is 0 Å². The fourth-order valence-corrected chi connectivity index (χ4v) is 6.26. The molecule has 3 aromatic rings. The smallest absolute Gasteiger partial charge is 0.253 e. The molecule has 1 aliphatic heterocycles. The van der Waals surface area contributed by atoms with Crippen molar-refractivity contribution in [2.45, 2.75) is 24.8 Å². The Labute approximate surface area is 208 Å². The highest BCUT2D eigenvalue weighted by atomic mass is 32.2. The van der Waals surface area contributed by atoms with Gasteiger partial charge in [-0.05, 0) is 29.3 Å². The van der Waals surface area contributed by atoms with Gasteiger partial charge in [-0.2, -0.15) is 4.31 Å². The van der Waals surface area contributed by atoms with E-state index in [2.05, 4.69) is 53.4 Å². The third kappa shape index (κ3) is 5.48. The number of benzene rings is 3. The monoisotopic (exact) mass is 491 g/mol. The van der Waals surface area contributed by atoms with Crippen LogP contribution in [0.2, 0.25) is 0 Å². The van der Waals surface area contributed by atoms with Crippen LogP contribution in [0.4, 0.5) is 0 Å². The molecule has 0 atom stereocenters. The number of amides is 1. The summed E-state index contributed by atoms with van der Waals surface area (Å²) < 4.78 is 27.3. The van der Waals surface area contributed by atoms with Gasteiger partial charge >= 0.3 is 0 Å². The third-order valence-corrected chi connectivity index (χ3v) is 8.67. The fourth-order valence-electron chi connectivity index (χ4n) is 4.75. The average molecular weight is 492 g/mol. The van der Waals surface area contributed by atoms with E-state index < -0.39 is 10.0 Å². The van der Waals surface area contributed by atoms with Crippen LogP contribution in [0.15, 0.2) is 89.8 Å². The summed E-state index contributed by atoms with van der Waals surface area (Å²) in [6.07, 6.45) is 0. The Kier molecular flexibility index (Phi) is 8.00. The van der Waals surface area contributed by atoms with E-state index in [-0.39, 0.29) is 16.8 Å². The van der Waals surface area contributed by atoms with Crippen molar-refractivity contribution in [1.29, 1.82) is 0 Å². The molecule has 0 unspecified atom stereocenters. The van der Waals surface area contributed by atoms with Gasteiger partial charge in [0.15, 0.2) is 0 Å². The van der Waals surface area contributed by atoms with Crippen LogP contribution in [0.25, 0.3) is 0 Å². The first kappa shape index (κ1) is 25.1. The second kappa shape index (κ2) is 11.2.